The molecule has 1 rings (SSSR count). The number of amides is 1. The van der Waals surface area contributed by atoms with Crippen LogP contribution in [0, 0.1) is 5.92 Å². The van der Waals surface area contributed by atoms with Crippen LogP contribution in [-0.2, 0) is 14.6 Å². The van der Waals surface area contributed by atoms with E-state index in [1.54, 1.807) is 0 Å². The minimum atomic E-state index is -3.32. The number of hydrogen-bond acceptors (Lipinski definition) is 4. The molecular weight excluding hydrogens is 273 g/mol. The van der Waals surface area contributed by atoms with Crippen molar-refractivity contribution in [2.24, 2.45) is 11.7 Å². The van der Waals surface area contributed by atoms with Crippen molar-refractivity contribution in [3.63, 3.8) is 0 Å². The van der Waals surface area contributed by atoms with Crippen molar-refractivity contribution in [1.29, 1.82) is 0 Å². The first-order valence-corrected chi connectivity index (χ1v) is 7.47. The van der Waals surface area contributed by atoms with Crippen LogP contribution in [0.5, 0.6) is 0 Å². The van der Waals surface area contributed by atoms with Crippen molar-refractivity contribution in [3.05, 3.63) is 29.8 Å². The number of carbonyl (C=O) groups is 1. The summed E-state index contributed by atoms with van der Waals surface area (Å²) in [6.07, 6.45) is -0.410. The predicted molar refractivity (Wildman–Crippen MR) is 67.8 cm³/mol. The third-order valence-electron chi connectivity index (χ3n) is 2.76. The molecule has 0 saturated carbocycles. The molecule has 0 bridgehead atoms. The monoisotopic (exact) mass is 289 g/mol. The molecule has 106 valence electrons. The highest BCUT2D eigenvalue weighted by molar-refractivity contribution is 7.90. The number of benzene rings is 1. The van der Waals surface area contributed by atoms with Crippen LogP contribution in [0.4, 0.5) is 4.39 Å². The normalized spacial score (nSPS) is 14.9. The molecule has 2 atom stereocenters. The Kier molecular flexibility index (Phi) is 5.02. The fraction of sp³-hybridized carbons (Fsp3) is 0.417. The Hall–Kier alpha value is -1.47. The van der Waals surface area contributed by atoms with Gasteiger partial charge in [-0.2, -0.15) is 0 Å². The molecule has 2 unspecified atom stereocenters. The molecule has 0 saturated heterocycles. The molecule has 0 aliphatic carbocycles. The Morgan fingerprint density at radius 2 is 1.89 bits per heavy atom. The summed E-state index contributed by atoms with van der Waals surface area (Å²) >= 11 is 0. The average Bonchev–Trinajstić information content (AvgIpc) is 2.34. The number of nitrogens with two attached hydrogens (primary N) is 1. The van der Waals surface area contributed by atoms with Crippen LogP contribution < -0.4 is 5.73 Å². The number of aliphatic hydroxyl groups is 1. The van der Waals surface area contributed by atoms with Gasteiger partial charge in [-0.3, -0.25) is 9.18 Å². The number of rotatable bonds is 6. The zero-order valence-electron chi connectivity index (χ0n) is 10.4. The van der Waals surface area contributed by atoms with Gasteiger partial charge in [-0.1, -0.05) is 12.1 Å². The Morgan fingerprint density at radius 3 is 2.26 bits per heavy atom. The average molecular weight is 289 g/mol. The molecular formula is C12H16FNO4S. The van der Waals surface area contributed by atoms with Crippen molar-refractivity contribution in [2.75, 3.05) is 12.9 Å². The molecule has 7 heteroatoms. The third-order valence-corrected chi connectivity index (χ3v) is 3.89. The van der Waals surface area contributed by atoms with Crippen LogP contribution >= 0.6 is 0 Å². The lowest BCUT2D eigenvalue weighted by Crippen LogP contribution is -2.23. The van der Waals surface area contributed by atoms with Gasteiger partial charge in [0, 0.05) is 18.6 Å². The molecule has 3 N–H and O–H groups in total. The summed E-state index contributed by atoms with van der Waals surface area (Å²) in [5.41, 5.74) is 5.31. The quantitative estimate of drug-likeness (QED) is 0.800. The second-order valence-electron chi connectivity index (χ2n) is 4.37. The van der Waals surface area contributed by atoms with Crippen LogP contribution in [0.3, 0.4) is 0 Å². The van der Waals surface area contributed by atoms with E-state index in [2.05, 4.69) is 0 Å². The van der Waals surface area contributed by atoms with Crippen LogP contribution in [0.25, 0.3) is 0 Å². The van der Waals surface area contributed by atoms with E-state index in [0.717, 1.165) is 6.26 Å². The first-order valence-electron chi connectivity index (χ1n) is 5.58. The molecule has 0 aliphatic rings. The first kappa shape index (κ1) is 15.6. The van der Waals surface area contributed by atoms with Crippen LogP contribution in [0.15, 0.2) is 29.2 Å². The van der Waals surface area contributed by atoms with Gasteiger partial charge >= 0.3 is 0 Å². The molecule has 1 aromatic rings. The lowest BCUT2D eigenvalue weighted by atomic mass is 9.94. The van der Waals surface area contributed by atoms with Crippen LogP contribution in [0.2, 0.25) is 0 Å². The molecule has 1 amide bonds. The van der Waals surface area contributed by atoms with E-state index < -0.39 is 34.4 Å². The minimum Gasteiger partial charge on any atom is -0.388 e. The lowest BCUT2D eigenvalue weighted by molar-refractivity contribution is -0.120. The smallest absolute Gasteiger partial charge is 0.217 e. The summed E-state index contributed by atoms with van der Waals surface area (Å²) in [6, 6.07) is 5.44. The number of halogens is 1. The molecule has 0 aromatic heterocycles. The SMILES string of the molecule is CS(=O)(=O)c1ccc(C(O)C(CF)CC(N)=O)cc1. The fourth-order valence-corrected chi connectivity index (χ4v) is 2.32. The second-order valence-corrected chi connectivity index (χ2v) is 6.39. The third kappa shape index (κ3) is 4.29. The highest BCUT2D eigenvalue weighted by atomic mass is 32.2. The zero-order valence-corrected chi connectivity index (χ0v) is 11.2. The summed E-state index contributed by atoms with van der Waals surface area (Å²) in [5.74, 6) is -1.63. The summed E-state index contributed by atoms with van der Waals surface area (Å²) in [6.45, 7) is -0.891. The van der Waals surface area contributed by atoms with Gasteiger partial charge in [0.25, 0.3) is 0 Å². The summed E-state index contributed by atoms with van der Waals surface area (Å²) in [4.78, 5) is 10.9. The zero-order chi connectivity index (χ0) is 14.6. The van der Waals surface area contributed by atoms with E-state index in [1.807, 2.05) is 0 Å². The van der Waals surface area contributed by atoms with Crippen molar-refractivity contribution < 1.29 is 22.7 Å². The van der Waals surface area contributed by atoms with Crippen LogP contribution in [-0.4, -0.2) is 32.4 Å². The summed E-state index contributed by atoms with van der Waals surface area (Å²) < 4.78 is 35.3. The number of hydrogen-bond donors (Lipinski definition) is 2. The van der Waals surface area contributed by atoms with Gasteiger partial charge in [0.1, 0.15) is 0 Å². The Morgan fingerprint density at radius 1 is 1.37 bits per heavy atom. The number of carbonyl (C=O) groups excluding carboxylic acids is 1. The molecule has 0 fully saturated rings. The van der Waals surface area contributed by atoms with Crippen molar-refractivity contribution in [2.45, 2.75) is 17.4 Å². The van der Waals surface area contributed by atoms with Gasteiger partial charge in [0.2, 0.25) is 5.91 Å². The molecule has 0 spiro atoms. The van der Waals surface area contributed by atoms with E-state index in [1.165, 1.54) is 24.3 Å². The van der Waals surface area contributed by atoms with Gasteiger partial charge in [-0.15, -0.1) is 0 Å². The van der Waals surface area contributed by atoms with Crippen molar-refractivity contribution in [1.82, 2.24) is 0 Å². The fourth-order valence-electron chi connectivity index (χ4n) is 1.69. The molecule has 0 heterocycles. The number of primary amides is 1. The maximum absolute atomic E-state index is 12.8. The largest absolute Gasteiger partial charge is 0.388 e. The molecule has 1 aromatic carbocycles. The molecule has 0 aliphatic heterocycles. The maximum Gasteiger partial charge on any atom is 0.217 e. The summed E-state index contributed by atoms with van der Waals surface area (Å²) in [7, 11) is -3.32. The standard InChI is InChI=1S/C12H16FNO4S/c1-19(17,18)10-4-2-8(3-5-10)12(16)9(7-13)6-11(14)15/h2-5,9,12,16H,6-7H2,1H3,(H2,14,15). The first-order chi connectivity index (χ1) is 8.75. The highest BCUT2D eigenvalue weighted by Crippen LogP contribution is 2.26. The number of sulfone groups is 1. The van der Waals surface area contributed by atoms with Crippen molar-refractivity contribution >= 4 is 15.7 Å². The Balaban J connectivity index is 2.93. The highest BCUT2D eigenvalue weighted by Gasteiger charge is 2.23. The number of aliphatic hydroxyl groups excluding tert-OH is 1. The van der Waals surface area contributed by atoms with E-state index in [0.29, 0.717) is 5.56 Å². The molecule has 19 heavy (non-hydrogen) atoms. The summed E-state index contributed by atoms with van der Waals surface area (Å²) in [5, 5.41) is 9.93. The minimum absolute atomic E-state index is 0.107. The molecule has 5 nitrogen and oxygen atoms in total. The topological polar surface area (TPSA) is 97.5 Å². The Labute approximate surface area is 111 Å². The van der Waals surface area contributed by atoms with Gasteiger partial charge < -0.3 is 10.8 Å². The maximum atomic E-state index is 12.8. The van der Waals surface area contributed by atoms with E-state index in [-0.39, 0.29) is 11.3 Å². The van der Waals surface area contributed by atoms with E-state index in [4.69, 9.17) is 5.73 Å². The lowest BCUT2D eigenvalue weighted by Gasteiger charge is -2.19. The van der Waals surface area contributed by atoms with Gasteiger partial charge in [0.05, 0.1) is 17.7 Å². The molecule has 0 radical (unpaired) electrons. The second kappa shape index (κ2) is 6.12. The predicted octanol–water partition coefficient (Wildman–Crippen LogP) is 0.585. The Bertz CT molecular complexity index is 541. The number of alkyl halides is 1. The van der Waals surface area contributed by atoms with E-state index in [9.17, 15) is 22.7 Å². The van der Waals surface area contributed by atoms with Crippen molar-refractivity contribution in [3.8, 4) is 0 Å². The van der Waals surface area contributed by atoms with Gasteiger partial charge in [0.15, 0.2) is 9.84 Å². The van der Waals surface area contributed by atoms with Gasteiger partial charge in [-0.25, -0.2) is 8.42 Å². The van der Waals surface area contributed by atoms with Crippen LogP contribution in [0.1, 0.15) is 18.1 Å². The van der Waals surface area contributed by atoms with Gasteiger partial charge in [-0.05, 0) is 17.7 Å². The van der Waals surface area contributed by atoms with E-state index >= 15 is 0 Å².